The molecule has 1 saturated heterocycles. The maximum Gasteiger partial charge on any atom is 0.329 e. The zero-order chi connectivity index (χ0) is 25.8. The first-order chi connectivity index (χ1) is 17.0. The molecule has 1 amide bonds. The minimum absolute atomic E-state index is 0.0426. The fraction of sp³-hybridized carbons (Fsp3) is 0.448. The molecule has 0 bridgehead atoms. The number of amides is 1. The van der Waals surface area contributed by atoms with Crippen LogP contribution in [0, 0.1) is 11.8 Å². The Labute approximate surface area is 220 Å². The number of likely N-dealkylation sites (tertiary alicyclic amines) is 1. The van der Waals surface area contributed by atoms with E-state index in [0.29, 0.717) is 18.1 Å². The lowest BCUT2D eigenvalue weighted by atomic mass is 9.84. The molecule has 1 heterocycles. The predicted octanol–water partition coefficient (Wildman–Crippen LogP) is 7.90. The molecule has 3 atom stereocenters. The van der Waals surface area contributed by atoms with Crippen molar-refractivity contribution < 1.29 is 14.3 Å². The van der Waals surface area contributed by atoms with Gasteiger partial charge in [0.15, 0.2) is 0 Å². The molecular formula is C29H37Cl2NO3. The molecule has 6 heteroatoms. The molecule has 2 fully saturated rings. The van der Waals surface area contributed by atoms with Crippen LogP contribution in [0.1, 0.15) is 64.5 Å². The number of benzene rings is 2. The minimum atomic E-state index is -0.490. The van der Waals surface area contributed by atoms with Crippen LogP contribution in [0.5, 0.6) is 0 Å². The van der Waals surface area contributed by atoms with E-state index in [-0.39, 0.29) is 29.8 Å². The number of ether oxygens (including phenoxy) is 1. The highest BCUT2D eigenvalue weighted by Crippen LogP contribution is 2.44. The Balaban J connectivity index is 0.000000407. The Hall–Kier alpha value is -2.30. The second kappa shape index (κ2) is 15.0. The highest BCUT2D eigenvalue weighted by Gasteiger charge is 2.48. The maximum absolute atomic E-state index is 13.3. The molecule has 0 N–H and O–H groups in total. The summed E-state index contributed by atoms with van der Waals surface area (Å²) in [5.41, 5.74) is 1.02. The Morgan fingerprint density at radius 3 is 2.11 bits per heavy atom. The molecule has 1 aliphatic carbocycles. The largest absolute Gasteiger partial charge is 0.464 e. The van der Waals surface area contributed by atoms with Crippen molar-refractivity contribution in [2.45, 2.75) is 65.0 Å². The van der Waals surface area contributed by atoms with Gasteiger partial charge in [-0.05, 0) is 74.8 Å². The normalized spacial score (nSPS) is 19.9. The standard InChI is InChI=1S/C21H26ClNO3.C6H5Cl.C2H6/c1-3-5-16-10-13-18(14-8-11-17(22)12-9-14)23(20(16)24)19(15-6-7-15)21(25)26-4-2;7-6-4-2-1-3-5-6;1-2/h3,8-9,11-12,15-16,18-19H,1,4-7,10,13H2,2H3;1-5H;1-2H3/t16-,18-,19?;;/m0../s1. The smallest absolute Gasteiger partial charge is 0.329 e. The van der Waals surface area contributed by atoms with Gasteiger partial charge in [0.25, 0.3) is 0 Å². The highest BCUT2D eigenvalue weighted by molar-refractivity contribution is 6.30. The van der Waals surface area contributed by atoms with E-state index in [4.69, 9.17) is 27.9 Å². The van der Waals surface area contributed by atoms with Gasteiger partial charge in [0.05, 0.1) is 12.6 Å². The Kier molecular flexibility index (Phi) is 12.4. The fourth-order valence-electron chi connectivity index (χ4n) is 4.34. The first-order valence-electron chi connectivity index (χ1n) is 12.5. The van der Waals surface area contributed by atoms with Crippen LogP contribution in [0.25, 0.3) is 0 Å². The average molecular weight is 519 g/mol. The Morgan fingerprint density at radius 1 is 1.03 bits per heavy atom. The SMILES string of the molecule is C=CC[C@H]1CC[C@@H](c2ccc(Cl)cc2)N(C(C(=O)OCC)C2CC2)C1=O.CC.Clc1ccccc1. The molecule has 190 valence electrons. The van der Waals surface area contributed by atoms with E-state index in [1.165, 1.54) is 0 Å². The third-order valence-electron chi connectivity index (χ3n) is 6.06. The van der Waals surface area contributed by atoms with Gasteiger partial charge in [-0.3, -0.25) is 4.79 Å². The number of esters is 1. The molecule has 2 aliphatic rings. The summed E-state index contributed by atoms with van der Waals surface area (Å²) < 4.78 is 5.33. The van der Waals surface area contributed by atoms with Gasteiger partial charge in [-0.15, -0.1) is 6.58 Å². The molecule has 35 heavy (non-hydrogen) atoms. The fourth-order valence-corrected chi connectivity index (χ4v) is 4.61. The molecule has 4 nitrogen and oxygen atoms in total. The molecule has 4 rings (SSSR count). The van der Waals surface area contributed by atoms with E-state index < -0.39 is 6.04 Å². The number of halogens is 2. The van der Waals surface area contributed by atoms with Gasteiger partial charge in [0, 0.05) is 16.0 Å². The molecule has 0 aromatic heterocycles. The number of hydrogen-bond donors (Lipinski definition) is 0. The van der Waals surface area contributed by atoms with Crippen LogP contribution in [-0.4, -0.2) is 29.4 Å². The topological polar surface area (TPSA) is 46.6 Å². The number of hydrogen-bond acceptors (Lipinski definition) is 3. The van der Waals surface area contributed by atoms with Gasteiger partial charge in [0.2, 0.25) is 5.91 Å². The molecule has 2 aromatic rings. The zero-order valence-electron chi connectivity index (χ0n) is 21.0. The van der Waals surface area contributed by atoms with Crippen molar-refractivity contribution >= 4 is 35.1 Å². The number of allylic oxidation sites excluding steroid dienone is 1. The van der Waals surface area contributed by atoms with Crippen LogP contribution in [-0.2, 0) is 14.3 Å². The second-order valence-corrected chi connectivity index (χ2v) is 9.31. The van der Waals surface area contributed by atoms with Crippen molar-refractivity contribution in [1.29, 1.82) is 0 Å². The lowest BCUT2D eigenvalue weighted by Crippen LogP contribution is -2.53. The predicted molar refractivity (Wildman–Crippen MR) is 145 cm³/mol. The molecular weight excluding hydrogens is 481 g/mol. The van der Waals surface area contributed by atoms with E-state index in [0.717, 1.165) is 36.3 Å². The summed E-state index contributed by atoms with van der Waals surface area (Å²) in [6.07, 6.45) is 5.99. The first kappa shape index (κ1) is 28.9. The van der Waals surface area contributed by atoms with Crippen LogP contribution >= 0.6 is 23.2 Å². The monoisotopic (exact) mass is 517 g/mol. The number of carbonyl (C=O) groups is 2. The van der Waals surface area contributed by atoms with Gasteiger partial charge in [-0.2, -0.15) is 0 Å². The van der Waals surface area contributed by atoms with Gasteiger partial charge in [-0.1, -0.05) is 73.5 Å². The number of carbonyl (C=O) groups excluding carboxylic acids is 2. The van der Waals surface area contributed by atoms with Crippen molar-refractivity contribution in [3.8, 4) is 0 Å². The van der Waals surface area contributed by atoms with Gasteiger partial charge in [-0.25, -0.2) is 4.79 Å². The van der Waals surface area contributed by atoms with E-state index in [2.05, 4.69) is 6.58 Å². The molecule has 0 radical (unpaired) electrons. The van der Waals surface area contributed by atoms with E-state index in [9.17, 15) is 9.59 Å². The van der Waals surface area contributed by atoms with Crippen LogP contribution in [0.3, 0.4) is 0 Å². The van der Waals surface area contributed by atoms with Crippen molar-refractivity contribution in [2.75, 3.05) is 6.61 Å². The summed E-state index contributed by atoms with van der Waals surface area (Å²) in [6.45, 7) is 9.91. The van der Waals surface area contributed by atoms with Gasteiger partial charge >= 0.3 is 5.97 Å². The van der Waals surface area contributed by atoms with E-state index in [1.807, 2.05) is 73.3 Å². The third-order valence-corrected chi connectivity index (χ3v) is 6.57. The van der Waals surface area contributed by atoms with Crippen molar-refractivity contribution in [3.05, 3.63) is 82.9 Å². The maximum atomic E-state index is 13.3. The minimum Gasteiger partial charge on any atom is -0.464 e. The summed E-state index contributed by atoms with van der Waals surface area (Å²) in [4.78, 5) is 27.8. The molecule has 1 aliphatic heterocycles. The van der Waals surface area contributed by atoms with Gasteiger partial charge in [0.1, 0.15) is 6.04 Å². The average Bonchev–Trinajstić information content (AvgIpc) is 3.70. The summed E-state index contributed by atoms with van der Waals surface area (Å²) in [7, 11) is 0. The summed E-state index contributed by atoms with van der Waals surface area (Å²) in [5, 5.41) is 1.46. The van der Waals surface area contributed by atoms with Crippen LogP contribution in [0.15, 0.2) is 67.3 Å². The quantitative estimate of drug-likeness (QED) is 0.276. The van der Waals surface area contributed by atoms with E-state index >= 15 is 0 Å². The summed E-state index contributed by atoms with van der Waals surface area (Å²) in [5.74, 6) is -0.135. The van der Waals surface area contributed by atoms with Crippen LogP contribution in [0.4, 0.5) is 0 Å². The van der Waals surface area contributed by atoms with Crippen molar-refractivity contribution in [3.63, 3.8) is 0 Å². The first-order valence-corrected chi connectivity index (χ1v) is 13.3. The lowest BCUT2D eigenvalue weighted by Gasteiger charge is -2.43. The van der Waals surface area contributed by atoms with Crippen molar-refractivity contribution in [2.24, 2.45) is 11.8 Å². The molecule has 1 unspecified atom stereocenters. The molecule has 0 spiro atoms. The third kappa shape index (κ3) is 8.40. The van der Waals surface area contributed by atoms with Crippen molar-refractivity contribution in [1.82, 2.24) is 4.90 Å². The highest BCUT2D eigenvalue weighted by atomic mass is 35.5. The summed E-state index contributed by atoms with van der Waals surface area (Å²) >= 11 is 11.6. The number of nitrogens with zero attached hydrogens (tertiary/aromatic N) is 1. The lowest BCUT2D eigenvalue weighted by molar-refractivity contribution is -0.162. The van der Waals surface area contributed by atoms with E-state index in [1.54, 1.807) is 13.0 Å². The molecule has 2 aromatic carbocycles. The van der Waals surface area contributed by atoms with Crippen LogP contribution < -0.4 is 0 Å². The van der Waals surface area contributed by atoms with Crippen LogP contribution in [0.2, 0.25) is 10.0 Å². The number of rotatable bonds is 7. The zero-order valence-corrected chi connectivity index (χ0v) is 22.5. The molecule has 1 saturated carbocycles. The Bertz CT molecular complexity index is 929. The Morgan fingerprint density at radius 2 is 1.63 bits per heavy atom. The number of piperidine rings is 1. The van der Waals surface area contributed by atoms with Gasteiger partial charge < -0.3 is 9.64 Å². The second-order valence-electron chi connectivity index (χ2n) is 8.44. The summed E-state index contributed by atoms with van der Waals surface area (Å²) in [6, 6.07) is 16.4.